The average Bonchev–Trinajstić information content (AvgIpc) is 2.83. The first-order valence-corrected chi connectivity index (χ1v) is 13.8. The fraction of sp³-hybridized carbons (Fsp3) is 0.407. The van der Waals surface area contributed by atoms with Crippen molar-refractivity contribution in [2.75, 3.05) is 35.8 Å². The lowest BCUT2D eigenvalue weighted by Crippen LogP contribution is -2.50. The highest BCUT2D eigenvalue weighted by atomic mass is 32.2. The average molecular weight is 511 g/mol. The fourth-order valence-electron chi connectivity index (χ4n) is 4.91. The summed E-state index contributed by atoms with van der Waals surface area (Å²) in [6.45, 7) is 11.8. The van der Waals surface area contributed by atoms with Crippen molar-refractivity contribution in [1.82, 2.24) is 9.88 Å². The SMILES string of the molecule is Cc1ccccc1S(=O)(=O)Nc1ccc2nc(N3CCN([C@H](C)CC(C)C)CC3)cc(C(=O)O)c2c1. The second-order valence-electron chi connectivity index (χ2n) is 9.94. The molecule has 1 fully saturated rings. The van der Waals surface area contributed by atoms with Crippen LogP contribution in [-0.2, 0) is 10.0 Å². The number of carboxylic acids is 1. The van der Waals surface area contributed by atoms with Crippen molar-refractivity contribution in [1.29, 1.82) is 0 Å². The van der Waals surface area contributed by atoms with Gasteiger partial charge in [-0.05, 0) is 62.1 Å². The molecule has 2 aromatic carbocycles. The molecule has 0 saturated carbocycles. The third-order valence-electron chi connectivity index (χ3n) is 6.74. The Morgan fingerprint density at radius 1 is 1.06 bits per heavy atom. The Morgan fingerprint density at radius 3 is 2.39 bits per heavy atom. The number of fused-ring (bicyclic) bond motifs is 1. The Hall–Kier alpha value is -3.17. The van der Waals surface area contributed by atoms with E-state index in [1.165, 1.54) is 6.07 Å². The predicted molar refractivity (Wildman–Crippen MR) is 143 cm³/mol. The van der Waals surface area contributed by atoms with Crippen LogP contribution in [0.4, 0.5) is 11.5 Å². The zero-order chi connectivity index (χ0) is 26.0. The van der Waals surface area contributed by atoms with Crippen LogP contribution in [0, 0.1) is 12.8 Å². The summed E-state index contributed by atoms with van der Waals surface area (Å²) in [5, 5.41) is 10.3. The number of benzene rings is 2. The van der Waals surface area contributed by atoms with Crippen LogP contribution in [0.2, 0.25) is 0 Å². The number of rotatable bonds is 8. The maximum absolute atomic E-state index is 12.9. The molecule has 192 valence electrons. The molecule has 36 heavy (non-hydrogen) atoms. The summed E-state index contributed by atoms with van der Waals surface area (Å²) < 4.78 is 28.4. The Labute approximate surface area is 213 Å². The molecule has 0 unspecified atom stereocenters. The van der Waals surface area contributed by atoms with Gasteiger partial charge in [0.05, 0.1) is 16.0 Å². The quantitative estimate of drug-likeness (QED) is 0.457. The van der Waals surface area contributed by atoms with Crippen LogP contribution in [0.5, 0.6) is 0 Å². The third-order valence-corrected chi connectivity index (χ3v) is 8.28. The van der Waals surface area contributed by atoms with Crippen molar-refractivity contribution in [3.63, 3.8) is 0 Å². The van der Waals surface area contributed by atoms with Gasteiger partial charge in [-0.3, -0.25) is 9.62 Å². The van der Waals surface area contributed by atoms with Gasteiger partial charge in [0, 0.05) is 43.3 Å². The predicted octanol–water partition coefficient (Wildman–Crippen LogP) is 4.60. The Balaban J connectivity index is 1.59. The number of hydrogen-bond donors (Lipinski definition) is 2. The van der Waals surface area contributed by atoms with Crippen molar-refractivity contribution in [3.8, 4) is 0 Å². The van der Waals surface area contributed by atoms with Gasteiger partial charge in [0.25, 0.3) is 10.0 Å². The second kappa shape index (κ2) is 10.4. The molecule has 4 rings (SSSR count). The van der Waals surface area contributed by atoms with Crippen molar-refractivity contribution >= 4 is 38.4 Å². The lowest BCUT2D eigenvalue weighted by molar-refractivity contribution is 0.0699. The molecule has 0 aliphatic carbocycles. The van der Waals surface area contributed by atoms with Crippen molar-refractivity contribution in [3.05, 3.63) is 59.7 Å². The Morgan fingerprint density at radius 2 is 1.75 bits per heavy atom. The van der Waals surface area contributed by atoms with Crippen LogP contribution < -0.4 is 9.62 Å². The van der Waals surface area contributed by atoms with E-state index in [0.717, 1.165) is 32.6 Å². The van der Waals surface area contributed by atoms with Gasteiger partial charge in [-0.15, -0.1) is 0 Å². The number of nitrogens with one attached hydrogen (secondary N) is 1. The molecule has 8 nitrogen and oxygen atoms in total. The van der Waals surface area contributed by atoms with Gasteiger partial charge in [0.2, 0.25) is 0 Å². The Bertz CT molecular complexity index is 1370. The molecule has 0 bridgehead atoms. The summed E-state index contributed by atoms with van der Waals surface area (Å²) in [7, 11) is -3.82. The number of pyridine rings is 1. The highest BCUT2D eigenvalue weighted by Crippen LogP contribution is 2.28. The minimum Gasteiger partial charge on any atom is -0.478 e. The van der Waals surface area contributed by atoms with Crippen LogP contribution in [0.25, 0.3) is 10.9 Å². The maximum Gasteiger partial charge on any atom is 0.336 e. The van der Waals surface area contributed by atoms with Gasteiger partial charge in [-0.1, -0.05) is 32.0 Å². The molecule has 1 aliphatic heterocycles. The summed E-state index contributed by atoms with van der Waals surface area (Å²) in [6.07, 6.45) is 1.15. The first kappa shape index (κ1) is 25.9. The van der Waals surface area contributed by atoms with E-state index < -0.39 is 16.0 Å². The van der Waals surface area contributed by atoms with Crippen LogP contribution in [-0.4, -0.2) is 61.6 Å². The molecule has 0 amide bonds. The fourth-order valence-corrected chi connectivity index (χ4v) is 6.20. The molecule has 0 spiro atoms. The number of nitrogens with zero attached hydrogens (tertiary/aromatic N) is 3. The van der Waals surface area contributed by atoms with E-state index in [-0.39, 0.29) is 16.1 Å². The summed E-state index contributed by atoms with van der Waals surface area (Å²) in [5.74, 6) is 0.195. The van der Waals surface area contributed by atoms with Gasteiger partial charge < -0.3 is 10.0 Å². The molecule has 0 radical (unpaired) electrons. The van der Waals surface area contributed by atoms with Gasteiger partial charge in [0.15, 0.2) is 0 Å². The van der Waals surface area contributed by atoms with Crippen molar-refractivity contribution < 1.29 is 18.3 Å². The zero-order valence-electron chi connectivity index (χ0n) is 21.2. The van der Waals surface area contributed by atoms with Gasteiger partial charge >= 0.3 is 5.97 Å². The largest absolute Gasteiger partial charge is 0.478 e. The van der Waals surface area contributed by atoms with E-state index in [1.807, 2.05) is 0 Å². The number of aromatic nitrogens is 1. The van der Waals surface area contributed by atoms with Crippen molar-refractivity contribution in [2.45, 2.75) is 45.1 Å². The smallest absolute Gasteiger partial charge is 0.336 e. The first-order chi connectivity index (χ1) is 17.0. The van der Waals surface area contributed by atoms with Crippen molar-refractivity contribution in [2.24, 2.45) is 5.92 Å². The lowest BCUT2D eigenvalue weighted by Gasteiger charge is -2.39. The maximum atomic E-state index is 12.9. The van der Waals surface area contributed by atoms with E-state index in [1.54, 1.807) is 49.4 Å². The molecule has 1 atom stereocenters. The molecule has 1 aromatic heterocycles. The number of piperazine rings is 1. The summed E-state index contributed by atoms with van der Waals surface area (Å²) in [6, 6.07) is 13.6. The number of sulfonamides is 1. The normalized spacial score (nSPS) is 15.9. The van der Waals surface area contributed by atoms with E-state index in [0.29, 0.717) is 34.2 Å². The number of carboxylic acid groups (broad SMARTS) is 1. The second-order valence-corrected chi connectivity index (χ2v) is 11.6. The van der Waals surface area contributed by atoms with E-state index in [9.17, 15) is 18.3 Å². The summed E-state index contributed by atoms with van der Waals surface area (Å²) in [5.41, 5.74) is 1.53. The monoisotopic (exact) mass is 510 g/mol. The number of aromatic carboxylic acids is 1. The molecule has 3 aromatic rings. The lowest BCUT2D eigenvalue weighted by atomic mass is 10.0. The van der Waals surface area contributed by atoms with Gasteiger partial charge in [-0.2, -0.15) is 0 Å². The van der Waals surface area contributed by atoms with Crippen LogP contribution >= 0.6 is 0 Å². The summed E-state index contributed by atoms with van der Waals surface area (Å²) >= 11 is 0. The van der Waals surface area contributed by atoms with E-state index >= 15 is 0 Å². The van der Waals surface area contributed by atoms with E-state index in [4.69, 9.17) is 4.98 Å². The van der Waals surface area contributed by atoms with Gasteiger partial charge in [-0.25, -0.2) is 18.2 Å². The summed E-state index contributed by atoms with van der Waals surface area (Å²) in [4.78, 5) is 21.7. The third kappa shape index (κ3) is 5.63. The molecule has 1 saturated heterocycles. The molecule has 9 heteroatoms. The molecule has 1 aliphatic rings. The minimum atomic E-state index is -3.82. The number of aryl methyl sites for hydroxylation is 1. The van der Waals surface area contributed by atoms with E-state index in [2.05, 4.69) is 35.3 Å². The molecule has 2 heterocycles. The number of anilines is 2. The van der Waals surface area contributed by atoms with Gasteiger partial charge in [0.1, 0.15) is 5.82 Å². The molecule has 2 N–H and O–H groups in total. The number of hydrogen-bond acceptors (Lipinski definition) is 6. The zero-order valence-corrected chi connectivity index (χ0v) is 22.0. The molecular formula is C27H34N4O4S. The van der Waals surface area contributed by atoms with Crippen LogP contribution in [0.1, 0.15) is 43.1 Å². The van der Waals surface area contributed by atoms with Crippen LogP contribution in [0.15, 0.2) is 53.4 Å². The highest BCUT2D eigenvalue weighted by Gasteiger charge is 2.24. The first-order valence-electron chi connectivity index (χ1n) is 12.3. The molecular weight excluding hydrogens is 476 g/mol. The Kier molecular flexibility index (Phi) is 7.51. The van der Waals surface area contributed by atoms with Crippen LogP contribution in [0.3, 0.4) is 0 Å². The number of carbonyl (C=O) groups is 1. The topological polar surface area (TPSA) is 103 Å². The minimum absolute atomic E-state index is 0.0996. The standard InChI is InChI=1S/C27H34N4O4S/c1-18(2)15-20(4)30-11-13-31(14-12-30)26-17-23(27(32)33)22-16-21(9-10-24(22)28-26)29-36(34,35)25-8-6-5-7-19(25)3/h5-10,16-18,20,29H,11-15H2,1-4H3,(H,32,33)/t20-/m1/s1. The highest BCUT2D eigenvalue weighted by molar-refractivity contribution is 7.92.